The van der Waals surface area contributed by atoms with Gasteiger partial charge in [0.2, 0.25) is 0 Å². The second-order valence-electron chi connectivity index (χ2n) is 8.57. The van der Waals surface area contributed by atoms with Crippen LogP contribution >= 0.6 is 0 Å². The van der Waals surface area contributed by atoms with Crippen molar-refractivity contribution in [1.29, 1.82) is 0 Å². The predicted molar refractivity (Wildman–Crippen MR) is 112 cm³/mol. The molecule has 0 bridgehead atoms. The average Bonchev–Trinajstić information content (AvgIpc) is 2.66. The molecule has 0 aliphatic rings. The Morgan fingerprint density at radius 3 is 1.75 bits per heavy atom. The fraction of sp³-hybridized carbons (Fsp3) is 0.417. The van der Waals surface area contributed by atoms with Crippen molar-refractivity contribution < 1.29 is 19.8 Å². The van der Waals surface area contributed by atoms with Crippen molar-refractivity contribution in [1.82, 2.24) is 0 Å². The van der Waals surface area contributed by atoms with E-state index in [1.807, 2.05) is 12.1 Å². The number of hydrogen-bond acceptors (Lipinski definition) is 2. The third-order valence-corrected chi connectivity index (χ3v) is 6.09. The Morgan fingerprint density at radius 1 is 0.821 bits per heavy atom. The van der Waals surface area contributed by atoms with Crippen molar-refractivity contribution in [3.8, 4) is 11.1 Å². The normalized spacial score (nSPS) is 12.1. The summed E-state index contributed by atoms with van der Waals surface area (Å²) in [5.74, 6) is -2.26. The lowest BCUT2D eigenvalue weighted by molar-refractivity contribution is 0.0696. The van der Waals surface area contributed by atoms with Crippen LogP contribution in [0.3, 0.4) is 0 Å². The van der Waals surface area contributed by atoms with Crippen LogP contribution in [0.4, 0.5) is 0 Å². The highest BCUT2D eigenvalue weighted by atomic mass is 16.4. The minimum Gasteiger partial charge on any atom is -0.478 e. The predicted octanol–water partition coefficient (Wildman–Crippen LogP) is 6.13. The minimum absolute atomic E-state index is 0.00977. The van der Waals surface area contributed by atoms with Crippen LogP contribution in [-0.2, 0) is 10.8 Å². The molecule has 150 valence electrons. The van der Waals surface area contributed by atoms with Gasteiger partial charge in [-0.1, -0.05) is 65.8 Å². The molecule has 0 atom stereocenters. The molecule has 2 N–H and O–H groups in total. The summed E-state index contributed by atoms with van der Waals surface area (Å²) in [5, 5.41) is 19.4. The highest BCUT2D eigenvalue weighted by molar-refractivity contribution is 6.05. The third kappa shape index (κ3) is 3.96. The van der Waals surface area contributed by atoms with Crippen molar-refractivity contribution in [3.05, 3.63) is 58.7 Å². The zero-order valence-corrected chi connectivity index (χ0v) is 17.6. The van der Waals surface area contributed by atoms with Crippen LogP contribution in [-0.4, -0.2) is 22.2 Å². The van der Waals surface area contributed by atoms with Gasteiger partial charge in [-0.3, -0.25) is 0 Å². The van der Waals surface area contributed by atoms with Gasteiger partial charge in [-0.25, -0.2) is 9.59 Å². The van der Waals surface area contributed by atoms with Gasteiger partial charge in [-0.05, 0) is 52.5 Å². The molecule has 4 nitrogen and oxygen atoms in total. The van der Waals surface area contributed by atoms with Gasteiger partial charge in [0, 0.05) is 5.56 Å². The van der Waals surface area contributed by atoms with Crippen LogP contribution in [0.15, 0.2) is 36.4 Å². The molecule has 0 amide bonds. The van der Waals surface area contributed by atoms with Gasteiger partial charge >= 0.3 is 11.9 Å². The molecule has 0 saturated heterocycles. The van der Waals surface area contributed by atoms with E-state index < -0.39 is 11.9 Å². The van der Waals surface area contributed by atoms with Gasteiger partial charge in [-0.15, -0.1) is 0 Å². The first-order chi connectivity index (χ1) is 13.0. The first kappa shape index (κ1) is 21.7. The second-order valence-corrected chi connectivity index (χ2v) is 8.57. The molecule has 0 spiro atoms. The van der Waals surface area contributed by atoms with Gasteiger partial charge in [0.05, 0.1) is 11.1 Å². The Labute approximate surface area is 167 Å². The Bertz CT molecular complexity index is 875. The Balaban J connectivity index is 2.94. The number of carbonyl (C=O) groups is 2. The van der Waals surface area contributed by atoms with E-state index in [0.29, 0.717) is 5.56 Å². The molecule has 0 aliphatic carbocycles. The van der Waals surface area contributed by atoms with Crippen molar-refractivity contribution >= 4 is 11.9 Å². The molecule has 2 rings (SSSR count). The number of benzene rings is 2. The van der Waals surface area contributed by atoms with Gasteiger partial charge in [-0.2, -0.15) is 0 Å². The maximum Gasteiger partial charge on any atom is 0.336 e. The van der Waals surface area contributed by atoms with Crippen molar-refractivity contribution in [2.24, 2.45) is 0 Å². The van der Waals surface area contributed by atoms with Crippen LogP contribution in [0, 0.1) is 0 Å². The van der Waals surface area contributed by atoms with Gasteiger partial charge in [0.25, 0.3) is 0 Å². The van der Waals surface area contributed by atoms with Crippen LogP contribution in [0.1, 0.15) is 86.2 Å². The Kier molecular flexibility index (Phi) is 6.03. The lowest BCUT2D eigenvalue weighted by atomic mass is 9.73. The zero-order chi connectivity index (χ0) is 21.3. The molecule has 4 heteroatoms. The van der Waals surface area contributed by atoms with E-state index in [9.17, 15) is 19.8 Å². The molecule has 28 heavy (non-hydrogen) atoms. The van der Waals surface area contributed by atoms with Crippen molar-refractivity contribution in [3.63, 3.8) is 0 Å². The number of carboxylic acids is 2. The molecule has 2 aromatic rings. The van der Waals surface area contributed by atoms with Crippen LogP contribution in [0.5, 0.6) is 0 Å². The summed E-state index contributed by atoms with van der Waals surface area (Å²) in [7, 11) is 0. The Morgan fingerprint density at radius 2 is 1.32 bits per heavy atom. The SMILES string of the molecule is CCC(C)(C)c1ccc(-c2c(C(=O)O)cccc2C(=O)O)c(C(C)(C)CC)c1. The van der Waals surface area contributed by atoms with Crippen LogP contribution in [0.2, 0.25) is 0 Å². The summed E-state index contributed by atoms with van der Waals surface area (Å²) in [6, 6.07) is 10.4. The van der Waals surface area contributed by atoms with Crippen molar-refractivity contribution in [2.45, 2.75) is 65.2 Å². The maximum absolute atomic E-state index is 11.9. The smallest absolute Gasteiger partial charge is 0.336 e. The summed E-state index contributed by atoms with van der Waals surface area (Å²) < 4.78 is 0. The molecular weight excluding hydrogens is 352 g/mol. The molecule has 0 radical (unpaired) electrons. The maximum atomic E-state index is 11.9. The Hall–Kier alpha value is -2.62. The standard InChI is InChI=1S/C24H30O4/c1-7-23(3,4)15-12-13-16(19(14-15)24(5,6)8-2)20-17(21(25)26)10-9-11-18(20)22(27)28/h9-14H,7-8H2,1-6H3,(H,25,26)(H,27,28). The fourth-order valence-electron chi connectivity index (χ4n) is 3.34. The molecule has 0 fully saturated rings. The quantitative estimate of drug-likeness (QED) is 0.604. The van der Waals surface area contributed by atoms with E-state index in [0.717, 1.165) is 18.4 Å². The van der Waals surface area contributed by atoms with Crippen molar-refractivity contribution in [2.75, 3.05) is 0 Å². The number of rotatable bonds is 7. The van der Waals surface area contributed by atoms with E-state index in [1.54, 1.807) is 0 Å². The first-order valence-corrected chi connectivity index (χ1v) is 9.71. The lowest BCUT2D eigenvalue weighted by Gasteiger charge is -2.31. The molecule has 2 aromatic carbocycles. The summed E-state index contributed by atoms with van der Waals surface area (Å²) >= 11 is 0. The van der Waals surface area contributed by atoms with E-state index in [-0.39, 0.29) is 27.5 Å². The lowest BCUT2D eigenvalue weighted by Crippen LogP contribution is -2.21. The molecule has 0 unspecified atom stereocenters. The third-order valence-electron chi connectivity index (χ3n) is 6.09. The molecule has 0 aromatic heterocycles. The average molecular weight is 383 g/mol. The number of carboxylic acid groups (broad SMARTS) is 2. The minimum atomic E-state index is -1.13. The topological polar surface area (TPSA) is 74.6 Å². The van der Waals surface area contributed by atoms with Gasteiger partial charge in [0.1, 0.15) is 0 Å². The van der Waals surface area contributed by atoms with E-state index in [1.165, 1.54) is 23.8 Å². The number of aromatic carboxylic acids is 2. The van der Waals surface area contributed by atoms with E-state index in [4.69, 9.17) is 0 Å². The van der Waals surface area contributed by atoms with Crippen LogP contribution in [0.25, 0.3) is 11.1 Å². The molecule has 0 aliphatic heterocycles. The number of hydrogen-bond donors (Lipinski definition) is 2. The fourth-order valence-corrected chi connectivity index (χ4v) is 3.34. The van der Waals surface area contributed by atoms with E-state index in [2.05, 4.69) is 47.6 Å². The summed E-state index contributed by atoms with van der Waals surface area (Å²) in [4.78, 5) is 23.8. The molecule has 0 saturated carbocycles. The van der Waals surface area contributed by atoms with Gasteiger partial charge in [0.15, 0.2) is 0 Å². The van der Waals surface area contributed by atoms with Gasteiger partial charge < -0.3 is 10.2 Å². The highest BCUT2D eigenvalue weighted by Gasteiger charge is 2.29. The summed E-state index contributed by atoms with van der Waals surface area (Å²) in [6.07, 6.45) is 1.80. The first-order valence-electron chi connectivity index (χ1n) is 9.71. The highest BCUT2D eigenvalue weighted by Crippen LogP contribution is 2.41. The van der Waals surface area contributed by atoms with Crippen LogP contribution < -0.4 is 0 Å². The second kappa shape index (κ2) is 7.78. The monoisotopic (exact) mass is 382 g/mol. The zero-order valence-electron chi connectivity index (χ0n) is 17.6. The largest absolute Gasteiger partial charge is 0.478 e. The summed E-state index contributed by atoms with van der Waals surface area (Å²) in [5.41, 5.74) is 2.85. The summed E-state index contributed by atoms with van der Waals surface area (Å²) in [6.45, 7) is 12.8. The van der Waals surface area contributed by atoms with E-state index >= 15 is 0 Å². The molecular formula is C24H30O4. The molecule has 0 heterocycles.